The van der Waals surface area contributed by atoms with E-state index in [-0.39, 0.29) is 39.6 Å². The van der Waals surface area contributed by atoms with Gasteiger partial charge in [-0.15, -0.1) is 0 Å². The van der Waals surface area contributed by atoms with Crippen LogP contribution in [-0.4, -0.2) is 88.9 Å². The molecule has 0 amide bonds. The highest BCUT2D eigenvalue weighted by molar-refractivity contribution is 5.92. The summed E-state index contributed by atoms with van der Waals surface area (Å²) >= 11 is 0. The van der Waals surface area contributed by atoms with Crippen molar-refractivity contribution in [3.8, 4) is 0 Å². The molecule has 0 bridgehead atoms. The van der Waals surface area contributed by atoms with Gasteiger partial charge < -0.3 is 33.2 Å². The molecule has 0 saturated heterocycles. The Kier molecular flexibility index (Phi) is 21.5. The molecule has 0 spiro atoms. The van der Waals surface area contributed by atoms with E-state index in [1.165, 1.54) is 0 Å². The van der Waals surface area contributed by atoms with Crippen LogP contribution in [0.3, 0.4) is 0 Å². The fourth-order valence-electron chi connectivity index (χ4n) is 2.96. The van der Waals surface area contributed by atoms with Crippen LogP contribution in [0.5, 0.6) is 0 Å². The van der Waals surface area contributed by atoms with E-state index in [9.17, 15) is 19.2 Å². The average Bonchev–Trinajstić information content (AvgIpc) is 2.84. The first-order valence-corrected chi connectivity index (χ1v) is 13.2. The van der Waals surface area contributed by atoms with Crippen molar-refractivity contribution < 1.29 is 52.3 Å². The van der Waals surface area contributed by atoms with E-state index in [2.05, 4.69) is 0 Å². The van der Waals surface area contributed by atoms with Gasteiger partial charge in [0.05, 0.1) is 32.7 Å². The fraction of sp³-hybridized carbons (Fsp3) is 0.846. The van der Waals surface area contributed by atoms with Crippen molar-refractivity contribution in [2.45, 2.75) is 84.7 Å². The molecule has 0 aromatic carbocycles. The van der Waals surface area contributed by atoms with Crippen molar-refractivity contribution in [1.29, 1.82) is 0 Å². The van der Waals surface area contributed by atoms with Gasteiger partial charge in [0.2, 0.25) is 5.60 Å². The second kappa shape index (κ2) is 22.9. The Morgan fingerprint density at radius 2 is 0.919 bits per heavy atom. The maximum atomic E-state index is 13.0. The lowest BCUT2D eigenvalue weighted by Crippen LogP contribution is -2.48. The highest BCUT2D eigenvalue weighted by Gasteiger charge is 2.48. The number of carbonyl (C=O) groups is 4. The van der Waals surface area contributed by atoms with Crippen molar-refractivity contribution in [1.82, 2.24) is 0 Å². The number of unbranched alkanes of at least 4 members (excludes halogenated alkanes) is 3. The van der Waals surface area contributed by atoms with Crippen LogP contribution in [0, 0.1) is 0 Å². The topological polar surface area (TPSA) is 133 Å². The summed E-state index contributed by atoms with van der Waals surface area (Å²) in [6, 6.07) is 0. The Bertz CT molecular complexity index is 606. The van der Waals surface area contributed by atoms with E-state index in [1.54, 1.807) is 0 Å². The van der Waals surface area contributed by atoms with E-state index in [1.807, 2.05) is 20.8 Å². The van der Waals surface area contributed by atoms with Gasteiger partial charge in [-0.3, -0.25) is 14.4 Å². The highest BCUT2D eigenvalue weighted by atomic mass is 16.6. The zero-order chi connectivity index (χ0) is 27.8. The molecule has 0 aromatic rings. The van der Waals surface area contributed by atoms with Crippen LogP contribution in [0.15, 0.2) is 0 Å². The number of hydrogen-bond acceptors (Lipinski definition) is 11. The van der Waals surface area contributed by atoms with E-state index < -0.39 is 42.3 Å². The van der Waals surface area contributed by atoms with Gasteiger partial charge in [0.15, 0.2) is 0 Å². The van der Waals surface area contributed by atoms with Crippen LogP contribution < -0.4 is 0 Å². The van der Waals surface area contributed by atoms with Crippen LogP contribution in [0.4, 0.5) is 0 Å². The van der Waals surface area contributed by atoms with Crippen molar-refractivity contribution in [2.24, 2.45) is 0 Å². The molecule has 216 valence electrons. The zero-order valence-electron chi connectivity index (χ0n) is 23.0. The third kappa shape index (κ3) is 18.6. The minimum absolute atomic E-state index is 0.0570. The smallest absolute Gasteiger partial charge is 0.351 e. The van der Waals surface area contributed by atoms with Gasteiger partial charge >= 0.3 is 23.9 Å². The summed E-state index contributed by atoms with van der Waals surface area (Å²) in [5, 5.41) is 0. The second-order valence-electron chi connectivity index (χ2n) is 8.42. The molecule has 37 heavy (non-hydrogen) atoms. The van der Waals surface area contributed by atoms with Crippen molar-refractivity contribution in [2.75, 3.05) is 59.5 Å². The minimum atomic E-state index is -2.24. The number of carbonyl (C=O) groups excluding carboxylic acids is 4. The van der Waals surface area contributed by atoms with Gasteiger partial charge in [0.1, 0.15) is 19.8 Å². The number of rotatable bonds is 24. The lowest BCUT2D eigenvalue weighted by Gasteiger charge is -2.29. The van der Waals surface area contributed by atoms with Crippen LogP contribution in [0.1, 0.15) is 79.1 Å². The van der Waals surface area contributed by atoms with Gasteiger partial charge in [0, 0.05) is 26.7 Å². The van der Waals surface area contributed by atoms with Gasteiger partial charge in [-0.05, 0) is 19.3 Å². The Morgan fingerprint density at radius 3 is 1.27 bits per heavy atom. The molecule has 0 aliphatic rings. The molecular weight excluding hydrogens is 488 g/mol. The first kappa shape index (κ1) is 34.8. The van der Waals surface area contributed by atoms with Gasteiger partial charge in [-0.1, -0.05) is 40.0 Å². The monoisotopic (exact) mass is 534 g/mol. The second-order valence-corrected chi connectivity index (χ2v) is 8.42. The fourth-order valence-corrected chi connectivity index (χ4v) is 2.96. The molecule has 11 heteroatoms. The Morgan fingerprint density at radius 1 is 0.541 bits per heavy atom. The first-order valence-electron chi connectivity index (χ1n) is 13.2. The van der Waals surface area contributed by atoms with E-state index in [0.29, 0.717) is 19.8 Å². The summed E-state index contributed by atoms with van der Waals surface area (Å²) < 4.78 is 36.8. The van der Waals surface area contributed by atoms with Crippen LogP contribution in [0.25, 0.3) is 0 Å². The third-order valence-corrected chi connectivity index (χ3v) is 4.94. The summed E-state index contributed by atoms with van der Waals surface area (Å²) in [4.78, 5) is 50.0. The first-order chi connectivity index (χ1) is 17.8. The van der Waals surface area contributed by atoms with Crippen molar-refractivity contribution >= 4 is 23.9 Å². The molecule has 11 nitrogen and oxygen atoms in total. The molecule has 0 aromatic heterocycles. The molecule has 0 N–H and O–H groups in total. The average molecular weight is 535 g/mol. The minimum Gasteiger partial charge on any atom is -0.463 e. The normalized spacial score (nSPS) is 11.1. The molecule has 0 aliphatic heterocycles. The maximum absolute atomic E-state index is 13.0. The number of esters is 4. The SMILES string of the molecule is CCCCOCCOC(=O)CC(CC(=O)OCCOCCCC)(OC(C)=O)C(=O)OCCOCCCC. The molecule has 0 aliphatic carbocycles. The van der Waals surface area contributed by atoms with Gasteiger partial charge in [-0.25, -0.2) is 4.79 Å². The van der Waals surface area contributed by atoms with Crippen molar-refractivity contribution in [3.63, 3.8) is 0 Å². The molecule has 0 fully saturated rings. The Labute approximate surface area is 220 Å². The maximum Gasteiger partial charge on any atom is 0.351 e. The van der Waals surface area contributed by atoms with Crippen LogP contribution in [-0.2, 0) is 52.3 Å². The molecule has 0 unspecified atom stereocenters. The third-order valence-electron chi connectivity index (χ3n) is 4.94. The van der Waals surface area contributed by atoms with Crippen molar-refractivity contribution in [3.05, 3.63) is 0 Å². The molecule has 0 atom stereocenters. The quantitative estimate of drug-likeness (QED) is 0.103. The Hall–Kier alpha value is -2.24. The lowest BCUT2D eigenvalue weighted by atomic mass is 9.95. The lowest BCUT2D eigenvalue weighted by molar-refractivity contribution is -0.191. The number of hydrogen-bond donors (Lipinski definition) is 0. The largest absolute Gasteiger partial charge is 0.463 e. The zero-order valence-corrected chi connectivity index (χ0v) is 23.0. The molecule has 0 rings (SSSR count). The standard InChI is InChI=1S/C26H46O11/c1-5-8-11-31-14-17-34-23(28)20-26(37-22(4)27,25(30)36-19-16-33-13-10-7-3)21-24(29)35-18-15-32-12-9-6-2/h5-21H2,1-4H3. The van der Waals surface area contributed by atoms with E-state index in [0.717, 1.165) is 45.4 Å². The van der Waals surface area contributed by atoms with E-state index in [4.69, 9.17) is 33.2 Å². The van der Waals surface area contributed by atoms with Crippen LogP contribution in [0.2, 0.25) is 0 Å². The summed E-state index contributed by atoms with van der Waals surface area (Å²) in [5.41, 5.74) is -2.24. The summed E-state index contributed by atoms with van der Waals surface area (Å²) in [6.45, 7) is 8.90. The molecule has 0 radical (unpaired) electrons. The predicted molar refractivity (Wildman–Crippen MR) is 134 cm³/mol. The molecule has 0 heterocycles. The van der Waals surface area contributed by atoms with Gasteiger partial charge in [0.25, 0.3) is 0 Å². The van der Waals surface area contributed by atoms with Crippen LogP contribution >= 0.6 is 0 Å². The highest BCUT2D eigenvalue weighted by Crippen LogP contribution is 2.25. The molecular formula is C26H46O11. The van der Waals surface area contributed by atoms with Gasteiger partial charge in [-0.2, -0.15) is 0 Å². The Balaban J connectivity index is 5.21. The predicted octanol–water partition coefficient (Wildman–Crippen LogP) is 3.15. The summed E-state index contributed by atoms with van der Waals surface area (Å²) in [5.74, 6) is -3.64. The summed E-state index contributed by atoms with van der Waals surface area (Å²) in [7, 11) is 0. The number of ether oxygens (including phenoxy) is 7. The summed E-state index contributed by atoms with van der Waals surface area (Å²) in [6.07, 6.45) is 4.06. The molecule has 0 saturated carbocycles. The van der Waals surface area contributed by atoms with E-state index >= 15 is 0 Å².